The van der Waals surface area contributed by atoms with Crippen LogP contribution < -0.4 is 11.1 Å². The summed E-state index contributed by atoms with van der Waals surface area (Å²) in [6.07, 6.45) is -2.44. The van der Waals surface area contributed by atoms with Gasteiger partial charge in [-0.05, 0) is 20.3 Å². The molecule has 2 aliphatic rings. The zero-order valence-corrected chi connectivity index (χ0v) is 18.1. The first-order valence-corrected chi connectivity index (χ1v) is 10.6. The normalized spacial score (nSPS) is 20.8. The molecule has 0 saturated carbocycles. The second-order valence-corrected chi connectivity index (χ2v) is 8.79. The van der Waals surface area contributed by atoms with Gasteiger partial charge in [0.25, 0.3) is 0 Å². The van der Waals surface area contributed by atoms with Crippen LogP contribution in [-0.2, 0) is 29.2 Å². The number of carboxylic acid groups (broad SMARTS) is 1. The van der Waals surface area contributed by atoms with Crippen LogP contribution in [0.1, 0.15) is 37.1 Å². The third kappa shape index (κ3) is 5.24. The Labute approximate surface area is 183 Å². The Hall–Kier alpha value is -2.58. The minimum Gasteiger partial charge on any atom is -0.475 e. The minimum absolute atomic E-state index is 0.151. The van der Waals surface area contributed by atoms with E-state index in [0.29, 0.717) is 12.4 Å². The summed E-state index contributed by atoms with van der Waals surface area (Å²) in [7, 11) is 0. The van der Waals surface area contributed by atoms with Gasteiger partial charge in [0.2, 0.25) is 0 Å². The van der Waals surface area contributed by atoms with E-state index in [1.54, 1.807) is 11.3 Å². The van der Waals surface area contributed by atoms with E-state index in [4.69, 9.17) is 14.6 Å². The van der Waals surface area contributed by atoms with E-state index >= 15 is 0 Å². The highest BCUT2D eigenvalue weighted by atomic mass is 32.1. The molecule has 14 heteroatoms. The maximum absolute atomic E-state index is 12.5. The fraction of sp³-hybridized carbons (Fsp3) is 0.611. The molecule has 2 aliphatic heterocycles. The molecule has 1 fully saturated rings. The van der Waals surface area contributed by atoms with Crippen molar-refractivity contribution >= 4 is 17.3 Å². The molecule has 0 bridgehead atoms. The molecule has 2 aromatic rings. The number of carboxylic acids is 1. The number of ether oxygens (including phenoxy) is 1. The molecule has 1 saturated heterocycles. The summed E-state index contributed by atoms with van der Waals surface area (Å²) >= 11 is 1.64. The average Bonchev–Trinajstić information content (AvgIpc) is 3.35. The Kier molecular flexibility index (Phi) is 6.86. The summed E-state index contributed by atoms with van der Waals surface area (Å²) < 4.78 is 40.6. The highest BCUT2D eigenvalue weighted by Crippen LogP contribution is 2.32. The summed E-state index contributed by atoms with van der Waals surface area (Å²) in [5, 5.41) is 14.5. The standard InChI is InChI=1S/C16H21N5O3S.C2HF3O2/c1-11(2)21-15(23)14(22)20-10-16(24-8-12(20)18-21)3-5-19(9-16)7-13-17-4-6-25-13;3-2(4,5)1(6)7/h4,6,11H,3,5,7-10H2,1-2H3;(H,6,7). The predicted molar refractivity (Wildman–Crippen MR) is 106 cm³/mol. The number of likely N-dealkylation sites (tertiary alicyclic amines) is 1. The Morgan fingerprint density at radius 1 is 1.31 bits per heavy atom. The molecule has 0 radical (unpaired) electrons. The molecular weight excluding hydrogens is 455 g/mol. The Balaban J connectivity index is 0.000000360. The van der Waals surface area contributed by atoms with E-state index in [1.807, 2.05) is 25.4 Å². The van der Waals surface area contributed by atoms with Gasteiger partial charge in [0.15, 0.2) is 5.82 Å². The number of thiazole rings is 1. The van der Waals surface area contributed by atoms with Crippen molar-refractivity contribution in [1.29, 1.82) is 0 Å². The van der Waals surface area contributed by atoms with E-state index in [9.17, 15) is 22.8 Å². The van der Waals surface area contributed by atoms with Gasteiger partial charge >= 0.3 is 23.3 Å². The largest absolute Gasteiger partial charge is 0.490 e. The third-order valence-electron chi connectivity index (χ3n) is 5.09. The van der Waals surface area contributed by atoms with Crippen LogP contribution in [0.15, 0.2) is 21.2 Å². The van der Waals surface area contributed by atoms with Gasteiger partial charge < -0.3 is 9.84 Å². The highest BCUT2D eigenvalue weighted by molar-refractivity contribution is 7.09. The van der Waals surface area contributed by atoms with Crippen molar-refractivity contribution in [2.75, 3.05) is 13.1 Å². The predicted octanol–water partition coefficient (Wildman–Crippen LogP) is 1.25. The zero-order chi connectivity index (χ0) is 23.7. The number of halogens is 3. The molecule has 10 nitrogen and oxygen atoms in total. The third-order valence-corrected chi connectivity index (χ3v) is 5.86. The molecule has 1 spiro atoms. The van der Waals surface area contributed by atoms with Crippen LogP contribution in [0.25, 0.3) is 0 Å². The first-order chi connectivity index (χ1) is 14.9. The Morgan fingerprint density at radius 3 is 2.56 bits per heavy atom. The van der Waals surface area contributed by atoms with Gasteiger partial charge in [0.05, 0.1) is 19.1 Å². The van der Waals surface area contributed by atoms with Crippen molar-refractivity contribution in [3.63, 3.8) is 0 Å². The van der Waals surface area contributed by atoms with Gasteiger partial charge in [-0.3, -0.25) is 19.1 Å². The molecule has 1 atom stereocenters. The van der Waals surface area contributed by atoms with Gasteiger partial charge in [-0.15, -0.1) is 11.3 Å². The summed E-state index contributed by atoms with van der Waals surface area (Å²) in [5.41, 5.74) is -1.49. The van der Waals surface area contributed by atoms with E-state index < -0.39 is 28.9 Å². The van der Waals surface area contributed by atoms with Crippen molar-refractivity contribution < 1.29 is 27.8 Å². The van der Waals surface area contributed by atoms with Crippen molar-refractivity contribution in [3.05, 3.63) is 43.1 Å². The van der Waals surface area contributed by atoms with Crippen LogP contribution in [0.2, 0.25) is 0 Å². The molecule has 0 aliphatic carbocycles. The van der Waals surface area contributed by atoms with Gasteiger partial charge in [0, 0.05) is 24.7 Å². The van der Waals surface area contributed by atoms with Gasteiger partial charge in [0.1, 0.15) is 17.2 Å². The number of hydrogen-bond donors (Lipinski definition) is 1. The van der Waals surface area contributed by atoms with Crippen molar-refractivity contribution in [2.45, 2.75) is 57.8 Å². The smallest absolute Gasteiger partial charge is 0.475 e. The Morgan fingerprint density at radius 2 is 2.00 bits per heavy atom. The second kappa shape index (κ2) is 9.11. The van der Waals surface area contributed by atoms with E-state index in [2.05, 4.69) is 15.0 Å². The fourth-order valence-corrected chi connectivity index (χ4v) is 4.21. The first-order valence-electron chi connectivity index (χ1n) is 9.69. The lowest BCUT2D eigenvalue weighted by Gasteiger charge is -2.35. The lowest BCUT2D eigenvalue weighted by molar-refractivity contribution is -0.192. The van der Waals surface area contributed by atoms with Crippen LogP contribution in [0.3, 0.4) is 0 Å². The number of rotatable bonds is 3. The van der Waals surface area contributed by atoms with Crippen LogP contribution in [0.5, 0.6) is 0 Å². The minimum atomic E-state index is -5.08. The van der Waals surface area contributed by atoms with Crippen molar-refractivity contribution in [2.24, 2.45) is 0 Å². The lowest BCUT2D eigenvalue weighted by Crippen LogP contribution is -2.53. The molecule has 2 aromatic heterocycles. The monoisotopic (exact) mass is 477 g/mol. The highest BCUT2D eigenvalue weighted by Gasteiger charge is 2.43. The molecular formula is C18H22F3N5O5S. The zero-order valence-electron chi connectivity index (χ0n) is 17.3. The van der Waals surface area contributed by atoms with E-state index in [1.165, 1.54) is 9.25 Å². The van der Waals surface area contributed by atoms with Crippen LogP contribution in [-0.4, -0.2) is 60.2 Å². The second-order valence-electron chi connectivity index (χ2n) is 7.81. The fourth-order valence-electron chi connectivity index (χ4n) is 3.56. The molecule has 4 heterocycles. The summed E-state index contributed by atoms with van der Waals surface area (Å²) in [5.74, 6) is -2.23. The molecule has 4 rings (SSSR count). The summed E-state index contributed by atoms with van der Waals surface area (Å²) in [6.45, 7) is 6.72. The number of fused-ring (bicyclic) bond motifs is 1. The lowest BCUT2D eigenvalue weighted by atomic mass is 10.0. The van der Waals surface area contributed by atoms with Gasteiger partial charge in [-0.1, -0.05) is 0 Å². The summed E-state index contributed by atoms with van der Waals surface area (Å²) in [4.78, 5) is 40.3. The van der Waals surface area contributed by atoms with E-state index in [-0.39, 0.29) is 12.6 Å². The maximum Gasteiger partial charge on any atom is 0.490 e. The number of carbonyl (C=O) groups is 1. The number of aromatic nitrogens is 4. The summed E-state index contributed by atoms with van der Waals surface area (Å²) in [6, 6.07) is -0.151. The first kappa shape index (κ1) is 24.1. The average molecular weight is 477 g/mol. The van der Waals surface area contributed by atoms with Crippen molar-refractivity contribution in [1.82, 2.24) is 24.2 Å². The van der Waals surface area contributed by atoms with Crippen LogP contribution in [0.4, 0.5) is 13.2 Å². The molecule has 1 unspecified atom stereocenters. The van der Waals surface area contributed by atoms with E-state index in [0.717, 1.165) is 31.1 Å². The molecule has 0 aromatic carbocycles. The van der Waals surface area contributed by atoms with Crippen molar-refractivity contribution in [3.8, 4) is 0 Å². The van der Waals surface area contributed by atoms with Crippen LogP contribution in [0, 0.1) is 0 Å². The number of hydrogen-bond acceptors (Lipinski definition) is 8. The molecule has 1 N–H and O–H groups in total. The molecule has 32 heavy (non-hydrogen) atoms. The number of alkyl halides is 3. The molecule has 0 amide bonds. The topological polar surface area (TPSA) is 120 Å². The Bertz CT molecular complexity index is 1080. The quantitative estimate of drug-likeness (QED) is 0.656. The van der Waals surface area contributed by atoms with Crippen LogP contribution >= 0.6 is 11.3 Å². The molecule has 176 valence electrons. The van der Waals surface area contributed by atoms with Gasteiger partial charge in [-0.25, -0.2) is 14.5 Å². The number of nitrogens with zero attached hydrogens (tertiary/aromatic N) is 5. The van der Waals surface area contributed by atoms with Gasteiger partial charge in [-0.2, -0.15) is 18.3 Å². The number of aliphatic carboxylic acids is 1. The SMILES string of the molecule is CC(C)n1nc2n(c(=O)c1=O)CC1(CCN(Cc3nccs3)C1)OC2.O=C(O)C(F)(F)F. The maximum atomic E-state index is 12.5.